The van der Waals surface area contributed by atoms with Crippen molar-refractivity contribution in [3.8, 4) is 5.75 Å². The quantitative estimate of drug-likeness (QED) is 0.812. The molecule has 2 aromatic rings. The predicted molar refractivity (Wildman–Crippen MR) is 99.0 cm³/mol. The SMILES string of the molecule is CCc1cccc(OCC(=O)Nc2ccccc2C(=O)NC(C)C)c1. The number of hydrogen-bond acceptors (Lipinski definition) is 3. The van der Waals surface area contributed by atoms with E-state index in [2.05, 4.69) is 17.6 Å². The molecule has 0 spiro atoms. The van der Waals surface area contributed by atoms with Crippen molar-refractivity contribution in [2.24, 2.45) is 0 Å². The maximum Gasteiger partial charge on any atom is 0.262 e. The van der Waals surface area contributed by atoms with Gasteiger partial charge in [0, 0.05) is 6.04 Å². The minimum atomic E-state index is -0.313. The Morgan fingerprint density at radius 3 is 2.56 bits per heavy atom. The van der Waals surface area contributed by atoms with Crippen LogP contribution < -0.4 is 15.4 Å². The first kappa shape index (κ1) is 18.5. The molecule has 2 aromatic carbocycles. The average molecular weight is 340 g/mol. The first-order valence-corrected chi connectivity index (χ1v) is 8.41. The lowest BCUT2D eigenvalue weighted by Crippen LogP contribution is -2.31. The zero-order valence-corrected chi connectivity index (χ0v) is 14.8. The molecule has 0 aliphatic rings. The number of hydrogen-bond donors (Lipinski definition) is 2. The standard InChI is InChI=1S/C20H24N2O3/c1-4-15-8-7-9-16(12-15)25-13-19(23)22-18-11-6-5-10-17(18)20(24)21-14(2)3/h5-12,14H,4,13H2,1-3H3,(H,21,24)(H,22,23). The van der Waals surface area contributed by atoms with Crippen LogP contribution in [-0.4, -0.2) is 24.5 Å². The first-order chi connectivity index (χ1) is 12.0. The molecule has 0 bridgehead atoms. The second-order valence-corrected chi connectivity index (χ2v) is 6.01. The number of nitrogens with one attached hydrogen (secondary N) is 2. The van der Waals surface area contributed by atoms with Gasteiger partial charge in [-0.2, -0.15) is 0 Å². The molecule has 0 heterocycles. The number of benzene rings is 2. The Kier molecular flexibility index (Phi) is 6.57. The van der Waals surface area contributed by atoms with Crippen molar-refractivity contribution < 1.29 is 14.3 Å². The third-order valence-electron chi connectivity index (χ3n) is 3.54. The number of amides is 2. The maximum atomic E-state index is 12.2. The van der Waals surface area contributed by atoms with Gasteiger partial charge in [0.2, 0.25) is 0 Å². The van der Waals surface area contributed by atoms with E-state index in [0.717, 1.165) is 12.0 Å². The maximum absolute atomic E-state index is 12.2. The lowest BCUT2D eigenvalue weighted by atomic mass is 10.1. The Balaban J connectivity index is 1.99. The van der Waals surface area contributed by atoms with Gasteiger partial charge in [0.05, 0.1) is 11.3 Å². The number of carbonyl (C=O) groups is 2. The van der Waals surface area contributed by atoms with Gasteiger partial charge in [-0.3, -0.25) is 9.59 Å². The zero-order valence-electron chi connectivity index (χ0n) is 14.8. The highest BCUT2D eigenvalue weighted by Gasteiger charge is 2.14. The summed E-state index contributed by atoms with van der Waals surface area (Å²) in [5.41, 5.74) is 2.04. The van der Waals surface area contributed by atoms with Crippen LogP contribution in [-0.2, 0) is 11.2 Å². The molecular weight excluding hydrogens is 316 g/mol. The molecule has 25 heavy (non-hydrogen) atoms. The van der Waals surface area contributed by atoms with Crippen LogP contribution in [0.2, 0.25) is 0 Å². The van der Waals surface area contributed by atoms with Gasteiger partial charge in [0.1, 0.15) is 5.75 Å². The van der Waals surface area contributed by atoms with E-state index in [9.17, 15) is 9.59 Å². The van der Waals surface area contributed by atoms with Gasteiger partial charge in [-0.25, -0.2) is 0 Å². The Bertz CT molecular complexity index is 741. The number of ether oxygens (including phenoxy) is 1. The largest absolute Gasteiger partial charge is 0.484 e. The van der Waals surface area contributed by atoms with Crippen molar-refractivity contribution >= 4 is 17.5 Å². The summed E-state index contributed by atoms with van der Waals surface area (Å²) < 4.78 is 5.53. The van der Waals surface area contributed by atoms with Gasteiger partial charge in [-0.15, -0.1) is 0 Å². The zero-order chi connectivity index (χ0) is 18.2. The molecule has 5 heteroatoms. The van der Waals surface area contributed by atoms with E-state index in [1.807, 2.05) is 38.1 Å². The molecule has 0 aliphatic carbocycles. The summed E-state index contributed by atoms with van der Waals surface area (Å²) in [5.74, 6) is 0.120. The highest BCUT2D eigenvalue weighted by atomic mass is 16.5. The Hall–Kier alpha value is -2.82. The van der Waals surface area contributed by atoms with Gasteiger partial charge in [-0.1, -0.05) is 31.2 Å². The summed E-state index contributed by atoms with van der Waals surface area (Å²) in [5, 5.41) is 5.56. The molecule has 2 amide bonds. The van der Waals surface area contributed by atoms with E-state index in [-0.39, 0.29) is 24.5 Å². The number of anilines is 1. The van der Waals surface area contributed by atoms with E-state index >= 15 is 0 Å². The smallest absolute Gasteiger partial charge is 0.262 e. The van der Waals surface area contributed by atoms with E-state index in [4.69, 9.17) is 4.74 Å². The number of aryl methyl sites for hydroxylation is 1. The molecule has 0 saturated carbocycles. The normalized spacial score (nSPS) is 10.4. The van der Waals surface area contributed by atoms with Crippen molar-refractivity contribution in [2.45, 2.75) is 33.2 Å². The van der Waals surface area contributed by atoms with Crippen LogP contribution >= 0.6 is 0 Å². The summed E-state index contributed by atoms with van der Waals surface area (Å²) in [4.78, 5) is 24.4. The molecule has 0 aromatic heterocycles. The van der Waals surface area contributed by atoms with Crippen LogP contribution in [0.4, 0.5) is 5.69 Å². The minimum Gasteiger partial charge on any atom is -0.484 e. The molecule has 5 nitrogen and oxygen atoms in total. The predicted octanol–water partition coefficient (Wildman–Crippen LogP) is 3.40. The van der Waals surface area contributed by atoms with Crippen molar-refractivity contribution in [3.05, 3.63) is 59.7 Å². The second kappa shape index (κ2) is 8.87. The lowest BCUT2D eigenvalue weighted by molar-refractivity contribution is -0.118. The van der Waals surface area contributed by atoms with Crippen LogP contribution in [0, 0.1) is 0 Å². The summed E-state index contributed by atoms with van der Waals surface area (Å²) >= 11 is 0. The van der Waals surface area contributed by atoms with Crippen molar-refractivity contribution in [1.82, 2.24) is 5.32 Å². The third-order valence-corrected chi connectivity index (χ3v) is 3.54. The van der Waals surface area contributed by atoms with Crippen LogP contribution in [0.25, 0.3) is 0 Å². The second-order valence-electron chi connectivity index (χ2n) is 6.01. The molecule has 2 rings (SSSR count). The molecule has 2 N–H and O–H groups in total. The van der Waals surface area contributed by atoms with Crippen LogP contribution in [0.5, 0.6) is 5.75 Å². The average Bonchev–Trinajstić information content (AvgIpc) is 2.60. The monoisotopic (exact) mass is 340 g/mol. The molecule has 0 atom stereocenters. The van der Waals surface area contributed by atoms with E-state index in [1.54, 1.807) is 24.3 Å². The fraction of sp³-hybridized carbons (Fsp3) is 0.300. The lowest BCUT2D eigenvalue weighted by Gasteiger charge is -2.13. The molecular formula is C20H24N2O3. The summed E-state index contributed by atoms with van der Waals surface area (Å²) in [7, 11) is 0. The molecule has 132 valence electrons. The van der Waals surface area contributed by atoms with Gasteiger partial charge in [-0.05, 0) is 50.1 Å². The number of rotatable bonds is 7. The summed E-state index contributed by atoms with van der Waals surface area (Å²) in [6.07, 6.45) is 0.904. The summed E-state index contributed by atoms with van der Waals surface area (Å²) in [6.45, 7) is 5.72. The fourth-order valence-electron chi connectivity index (χ4n) is 2.32. The third kappa shape index (κ3) is 5.64. The van der Waals surface area contributed by atoms with Crippen molar-refractivity contribution in [1.29, 1.82) is 0 Å². The molecule has 0 aliphatic heterocycles. The number of para-hydroxylation sites is 1. The Morgan fingerprint density at radius 1 is 1.08 bits per heavy atom. The Morgan fingerprint density at radius 2 is 1.84 bits per heavy atom. The Labute approximate surface area is 148 Å². The van der Waals surface area contributed by atoms with E-state index in [0.29, 0.717) is 17.0 Å². The van der Waals surface area contributed by atoms with Crippen LogP contribution in [0.3, 0.4) is 0 Å². The van der Waals surface area contributed by atoms with Gasteiger partial charge < -0.3 is 15.4 Å². The fourth-order valence-corrected chi connectivity index (χ4v) is 2.32. The minimum absolute atomic E-state index is 0.0189. The van der Waals surface area contributed by atoms with Gasteiger partial charge in [0.15, 0.2) is 6.61 Å². The van der Waals surface area contributed by atoms with Crippen molar-refractivity contribution in [2.75, 3.05) is 11.9 Å². The molecule has 0 unspecified atom stereocenters. The highest BCUT2D eigenvalue weighted by Crippen LogP contribution is 2.16. The molecule has 0 radical (unpaired) electrons. The summed E-state index contributed by atoms with van der Waals surface area (Å²) in [6, 6.07) is 14.6. The van der Waals surface area contributed by atoms with Crippen molar-refractivity contribution in [3.63, 3.8) is 0 Å². The van der Waals surface area contributed by atoms with E-state index < -0.39 is 0 Å². The topological polar surface area (TPSA) is 67.4 Å². The van der Waals surface area contributed by atoms with Gasteiger partial charge >= 0.3 is 0 Å². The van der Waals surface area contributed by atoms with E-state index in [1.165, 1.54) is 0 Å². The molecule has 0 saturated heterocycles. The van der Waals surface area contributed by atoms with Crippen LogP contribution in [0.15, 0.2) is 48.5 Å². The van der Waals surface area contributed by atoms with Gasteiger partial charge in [0.25, 0.3) is 11.8 Å². The first-order valence-electron chi connectivity index (χ1n) is 8.41. The number of carbonyl (C=O) groups excluding carboxylic acids is 2. The molecule has 0 fully saturated rings. The highest BCUT2D eigenvalue weighted by molar-refractivity contribution is 6.04. The van der Waals surface area contributed by atoms with Crippen LogP contribution in [0.1, 0.15) is 36.7 Å².